The SMILES string of the molecule is CCCCCCOC(=O)c1ccc(OC2CC[C@@]3(C)C(=CC[C@H]4[C@@H]5CC[C@H]([C@H](C)/C=C/[C@@H](CC)C(C)C)[C@@]5(C)CC[C@@H]43)C2)cc1. The fraction of sp³-hybridized carbons (Fsp3) is 0.738. The van der Waals surface area contributed by atoms with Crippen LogP contribution in [-0.4, -0.2) is 18.7 Å². The van der Waals surface area contributed by atoms with E-state index in [1.165, 1.54) is 57.8 Å². The average Bonchev–Trinajstić information content (AvgIpc) is 3.39. The van der Waals surface area contributed by atoms with Gasteiger partial charge in [0.2, 0.25) is 0 Å². The molecule has 3 heteroatoms. The van der Waals surface area contributed by atoms with Gasteiger partial charge in [-0.15, -0.1) is 0 Å². The molecule has 0 N–H and O–H groups in total. The molecule has 1 aromatic rings. The Labute approximate surface area is 276 Å². The van der Waals surface area contributed by atoms with Gasteiger partial charge in [0.1, 0.15) is 11.9 Å². The van der Waals surface area contributed by atoms with Crippen LogP contribution >= 0.6 is 0 Å². The number of benzene rings is 1. The number of allylic oxidation sites excluding steroid dienone is 3. The monoisotopic (exact) mass is 616 g/mol. The van der Waals surface area contributed by atoms with E-state index in [0.29, 0.717) is 34.8 Å². The molecule has 0 amide bonds. The molecule has 1 aromatic carbocycles. The third-order valence-electron chi connectivity index (χ3n) is 13.4. The lowest BCUT2D eigenvalue weighted by Gasteiger charge is -2.58. The number of ether oxygens (including phenoxy) is 2. The molecule has 0 saturated heterocycles. The van der Waals surface area contributed by atoms with Gasteiger partial charge in [-0.3, -0.25) is 0 Å². The average molecular weight is 617 g/mol. The molecule has 0 aliphatic heterocycles. The normalized spacial score (nSPS) is 34.0. The molecule has 250 valence electrons. The second-order valence-corrected chi connectivity index (χ2v) is 16.3. The summed E-state index contributed by atoms with van der Waals surface area (Å²) in [5, 5.41) is 0. The Balaban J connectivity index is 1.18. The maximum atomic E-state index is 12.4. The predicted molar refractivity (Wildman–Crippen MR) is 187 cm³/mol. The van der Waals surface area contributed by atoms with E-state index in [9.17, 15) is 4.79 Å². The molecule has 0 spiro atoms. The maximum absolute atomic E-state index is 12.4. The molecular formula is C42H64O3. The third kappa shape index (κ3) is 7.28. The van der Waals surface area contributed by atoms with E-state index < -0.39 is 0 Å². The molecule has 3 saturated carbocycles. The predicted octanol–water partition coefficient (Wildman–Crippen LogP) is 11.6. The first-order valence-electron chi connectivity index (χ1n) is 18.9. The minimum Gasteiger partial charge on any atom is -0.490 e. The van der Waals surface area contributed by atoms with Gasteiger partial charge in [-0.25, -0.2) is 4.79 Å². The third-order valence-corrected chi connectivity index (χ3v) is 13.4. The lowest BCUT2D eigenvalue weighted by Crippen LogP contribution is -2.51. The molecule has 45 heavy (non-hydrogen) atoms. The molecular weight excluding hydrogens is 552 g/mol. The Kier molecular flexibility index (Phi) is 11.3. The zero-order chi connectivity index (χ0) is 32.2. The first-order valence-corrected chi connectivity index (χ1v) is 18.9. The molecule has 5 rings (SSSR count). The smallest absolute Gasteiger partial charge is 0.338 e. The van der Waals surface area contributed by atoms with E-state index in [1.54, 1.807) is 5.57 Å². The van der Waals surface area contributed by atoms with Crippen LogP contribution in [0.3, 0.4) is 0 Å². The topological polar surface area (TPSA) is 35.5 Å². The van der Waals surface area contributed by atoms with Gasteiger partial charge in [-0.2, -0.15) is 0 Å². The quantitative estimate of drug-likeness (QED) is 0.126. The lowest BCUT2D eigenvalue weighted by molar-refractivity contribution is -0.0526. The van der Waals surface area contributed by atoms with Crippen molar-refractivity contribution >= 4 is 5.97 Å². The van der Waals surface area contributed by atoms with Crippen molar-refractivity contribution in [3.63, 3.8) is 0 Å². The minimum absolute atomic E-state index is 0.215. The van der Waals surface area contributed by atoms with Gasteiger partial charge in [0.25, 0.3) is 0 Å². The molecule has 1 unspecified atom stereocenters. The molecule has 0 aromatic heterocycles. The van der Waals surface area contributed by atoms with Crippen molar-refractivity contribution in [1.29, 1.82) is 0 Å². The Bertz CT molecular complexity index is 1180. The van der Waals surface area contributed by atoms with Gasteiger partial charge in [-0.1, -0.05) is 91.5 Å². The number of rotatable bonds is 13. The molecule has 0 radical (unpaired) electrons. The van der Waals surface area contributed by atoms with Crippen molar-refractivity contribution in [3.8, 4) is 5.75 Å². The number of esters is 1. The zero-order valence-electron chi connectivity index (χ0n) is 29.8. The molecule has 3 fully saturated rings. The lowest BCUT2D eigenvalue weighted by atomic mass is 9.47. The van der Waals surface area contributed by atoms with Crippen molar-refractivity contribution in [2.45, 2.75) is 138 Å². The summed E-state index contributed by atoms with van der Waals surface area (Å²) in [5.41, 5.74) is 3.08. The van der Waals surface area contributed by atoms with Crippen molar-refractivity contribution < 1.29 is 14.3 Å². The van der Waals surface area contributed by atoms with Crippen molar-refractivity contribution in [3.05, 3.63) is 53.6 Å². The van der Waals surface area contributed by atoms with Gasteiger partial charge >= 0.3 is 5.97 Å². The van der Waals surface area contributed by atoms with E-state index in [0.717, 1.165) is 61.0 Å². The van der Waals surface area contributed by atoms with Crippen LogP contribution in [0.2, 0.25) is 0 Å². The fourth-order valence-electron chi connectivity index (χ4n) is 10.6. The summed E-state index contributed by atoms with van der Waals surface area (Å²) in [6.45, 7) is 17.6. The van der Waals surface area contributed by atoms with E-state index in [-0.39, 0.29) is 12.1 Å². The first kappa shape index (κ1) is 34.3. The van der Waals surface area contributed by atoms with E-state index in [1.807, 2.05) is 24.3 Å². The number of unbranched alkanes of at least 4 members (excludes halogenated alkanes) is 3. The number of hydrogen-bond donors (Lipinski definition) is 0. The molecule has 3 nitrogen and oxygen atoms in total. The molecule has 0 bridgehead atoms. The summed E-state index contributed by atoms with van der Waals surface area (Å²) in [7, 11) is 0. The largest absolute Gasteiger partial charge is 0.490 e. The van der Waals surface area contributed by atoms with Crippen LogP contribution < -0.4 is 4.74 Å². The number of fused-ring (bicyclic) bond motifs is 5. The highest BCUT2D eigenvalue weighted by molar-refractivity contribution is 5.89. The molecule has 9 atom stereocenters. The second kappa shape index (κ2) is 14.8. The Morgan fingerprint density at radius 3 is 2.42 bits per heavy atom. The second-order valence-electron chi connectivity index (χ2n) is 16.3. The minimum atomic E-state index is -0.229. The van der Waals surface area contributed by atoms with Crippen LogP contribution in [0.4, 0.5) is 0 Å². The van der Waals surface area contributed by atoms with Crippen LogP contribution in [0.1, 0.15) is 142 Å². The Morgan fingerprint density at radius 1 is 0.933 bits per heavy atom. The summed E-state index contributed by atoms with van der Waals surface area (Å²) >= 11 is 0. The molecule has 4 aliphatic carbocycles. The van der Waals surface area contributed by atoms with E-state index >= 15 is 0 Å². The standard InChI is InChI=1S/C42H64O3/c1-8-10-11-12-27-44-40(43)32-15-18-34(19-16-32)45-35-23-25-41(6)33(28-35)17-20-36-38-22-21-37(42(38,7)26-24-39(36)41)30(5)13-14-31(9-2)29(3)4/h13-19,29-31,35-39H,8-12,20-28H2,1-7H3/b14-13+/t30-,31-,35?,36+,37-,38+,39+,41+,42-/m1/s1. The van der Waals surface area contributed by atoms with Gasteiger partial charge in [0.05, 0.1) is 12.2 Å². The van der Waals surface area contributed by atoms with Crippen LogP contribution in [0.25, 0.3) is 0 Å². The fourth-order valence-corrected chi connectivity index (χ4v) is 10.6. The van der Waals surface area contributed by atoms with E-state index in [2.05, 4.69) is 66.7 Å². The van der Waals surface area contributed by atoms with Crippen molar-refractivity contribution in [1.82, 2.24) is 0 Å². The summed E-state index contributed by atoms with van der Waals surface area (Å²) in [6, 6.07) is 7.62. The van der Waals surface area contributed by atoms with Crippen LogP contribution in [0, 0.1) is 52.3 Å². The summed E-state index contributed by atoms with van der Waals surface area (Å²) in [4.78, 5) is 12.4. The molecule has 0 heterocycles. The first-order chi connectivity index (χ1) is 21.6. The molecule has 4 aliphatic rings. The van der Waals surface area contributed by atoms with Gasteiger partial charge in [0, 0.05) is 6.42 Å². The number of hydrogen-bond acceptors (Lipinski definition) is 3. The van der Waals surface area contributed by atoms with Crippen LogP contribution in [0.15, 0.2) is 48.1 Å². The van der Waals surface area contributed by atoms with Crippen LogP contribution in [0.5, 0.6) is 5.75 Å². The van der Waals surface area contributed by atoms with Crippen LogP contribution in [-0.2, 0) is 4.74 Å². The van der Waals surface area contributed by atoms with Gasteiger partial charge in [0.15, 0.2) is 0 Å². The van der Waals surface area contributed by atoms with Crippen molar-refractivity contribution in [2.75, 3.05) is 6.61 Å². The van der Waals surface area contributed by atoms with E-state index in [4.69, 9.17) is 9.47 Å². The highest BCUT2D eigenvalue weighted by Gasteiger charge is 2.59. The highest BCUT2D eigenvalue weighted by atomic mass is 16.5. The summed E-state index contributed by atoms with van der Waals surface area (Å²) < 4.78 is 12.0. The number of carbonyl (C=O) groups is 1. The Morgan fingerprint density at radius 2 is 1.71 bits per heavy atom. The van der Waals surface area contributed by atoms with Gasteiger partial charge in [-0.05, 0) is 134 Å². The van der Waals surface area contributed by atoms with Crippen molar-refractivity contribution in [2.24, 2.45) is 52.3 Å². The Hall–Kier alpha value is -2.03. The van der Waals surface area contributed by atoms with Gasteiger partial charge < -0.3 is 9.47 Å². The maximum Gasteiger partial charge on any atom is 0.338 e. The zero-order valence-corrected chi connectivity index (χ0v) is 29.8. The summed E-state index contributed by atoms with van der Waals surface area (Å²) in [5.74, 6) is 6.11. The summed E-state index contributed by atoms with van der Waals surface area (Å²) in [6.07, 6.45) is 24.0. The highest BCUT2D eigenvalue weighted by Crippen LogP contribution is 2.67. The number of carbonyl (C=O) groups excluding carboxylic acids is 1.